The summed E-state index contributed by atoms with van der Waals surface area (Å²) >= 11 is 0. The molecule has 1 atom stereocenters. The van der Waals surface area contributed by atoms with Crippen LogP contribution in [0.4, 0.5) is 14.5 Å². The first-order valence-corrected chi connectivity index (χ1v) is 8.92. The minimum Gasteiger partial charge on any atom is -0.493 e. The molecule has 0 fully saturated rings. The number of carbonyl (C=O) groups excluding carboxylic acids is 1. The van der Waals surface area contributed by atoms with E-state index in [9.17, 15) is 13.6 Å². The molecule has 0 bridgehead atoms. The summed E-state index contributed by atoms with van der Waals surface area (Å²) in [4.78, 5) is 18.1. The van der Waals surface area contributed by atoms with Gasteiger partial charge in [0, 0.05) is 43.0 Å². The Hall–Kier alpha value is -2.70. The molecule has 0 radical (unpaired) electrons. The molecule has 0 N–H and O–H groups in total. The molecule has 2 heterocycles. The van der Waals surface area contributed by atoms with Crippen molar-refractivity contribution in [2.24, 2.45) is 0 Å². The molecule has 2 aromatic rings. The second kappa shape index (κ2) is 7.90. The van der Waals surface area contributed by atoms with Crippen LogP contribution in [0.3, 0.4) is 0 Å². The molecule has 1 unspecified atom stereocenters. The van der Waals surface area contributed by atoms with Crippen LogP contribution in [0, 0.1) is 11.6 Å². The van der Waals surface area contributed by atoms with Crippen LogP contribution in [0.15, 0.2) is 24.4 Å². The first-order valence-electron chi connectivity index (χ1n) is 8.92. The number of nitrogens with zero attached hydrogens (tertiary/aromatic N) is 2. The molecule has 1 aromatic carbocycles. The number of hydrogen-bond donors (Lipinski definition) is 0. The van der Waals surface area contributed by atoms with Gasteiger partial charge in [0.1, 0.15) is 5.69 Å². The largest absolute Gasteiger partial charge is 0.493 e. The maximum atomic E-state index is 13.9. The number of halogens is 2. The van der Waals surface area contributed by atoms with Crippen molar-refractivity contribution in [3.63, 3.8) is 0 Å². The molecule has 3 rings (SSSR count). The summed E-state index contributed by atoms with van der Waals surface area (Å²) < 4.78 is 37.6. The van der Waals surface area contributed by atoms with Crippen LogP contribution in [0.5, 0.6) is 5.75 Å². The number of methoxy groups -OCH3 is 1. The Morgan fingerprint density at radius 1 is 1.30 bits per heavy atom. The molecule has 5 nitrogen and oxygen atoms in total. The minimum atomic E-state index is -0.994. The molecule has 1 aliphatic rings. The standard InChI is InChI=1S/C20H22F2N2O3/c1-4-12-10-24(14-6-16(21)19(22)18(7-14)26-3)11-13-9-23-17(8-15(12)13)20(25)27-5-2/h6-9,12H,4-5,10-11H2,1-3H3. The van der Waals surface area contributed by atoms with Gasteiger partial charge in [0.25, 0.3) is 0 Å². The molecule has 0 aliphatic carbocycles. The van der Waals surface area contributed by atoms with Crippen molar-refractivity contribution in [2.45, 2.75) is 32.7 Å². The number of hydrogen-bond acceptors (Lipinski definition) is 5. The highest BCUT2D eigenvalue weighted by atomic mass is 19.2. The summed E-state index contributed by atoms with van der Waals surface area (Å²) in [5.74, 6) is -2.38. The van der Waals surface area contributed by atoms with Crippen molar-refractivity contribution >= 4 is 11.7 Å². The summed E-state index contributed by atoms with van der Waals surface area (Å²) in [7, 11) is 1.31. The predicted octanol–water partition coefficient (Wildman–Crippen LogP) is 4.06. The van der Waals surface area contributed by atoms with Crippen molar-refractivity contribution in [3.05, 3.63) is 52.9 Å². The molecule has 0 saturated carbocycles. The van der Waals surface area contributed by atoms with Gasteiger partial charge in [0.2, 0.25) is 5.82 Å². The number of ether oxygens (including phenoxy) is 2. The van der Waals surface area contributed by atoms with E-state index in [-0.39, 0.29) is 17.4 Å². The van der Waals surface area contributed by atoms with E-state index in [1.165, 1.54) is 19.2 Å². The second-order valence-electron chi connectivity index (χ2n) is 6.42. The summed E-state index contributed by atoms with van der Waals surface area (Å²) in [5, 5.41) is 0. The van der Waals surface area contributed by atoms with Crippen LogP contribution in [-0.4, -0.2) is 31.2 Å². The van der Waals surface area contributed by atoms with Crippen molar-refractivity contribution < 1.29 is 23.0 Å². The Bertz CT molecular complexity index is 857. The fraction of sp³-hybridized carbons (Fsp3) is 0.400. The molecular formula is C20H22F2N2O3. The third-order valence-corrected chi connectivity index (χ3v) is 4.81. The van der Waals surface area contributed by atoms with Gasteiger partial charge >= 0.3 is 5.97 Å². The fourth-order valence-corrected chi connectivity index (χ4v) is 3.39. The van der Waals surface area contributed by atoms with Gasteiger partial charge in [-0.2, -0.15) is 4.39 Å². The highest BCUT2D eigenvalue weighted by Gasteiger charge is 2.27. The first-order chi connectivity index (χ1) is 13.0. The van der Waals surface area contributed by atoms with E-state index < -0.39 is 17.6 Å². The average molecular weight is 376 g/mol. The van der Waals surface area contributed by atoms with E-state index in [1.54, 1.807) is 19.2 Å². The van der Waals surface area contributed by atoms with Crippen LogP contribution >= 0.6 is 0 Å². The molecule has 7 heteroatoms. The molecule has 144 valence electrons. The Balaban J connectivity index is 1.95. The van der Waals surface area contributed by atoms with Crippen molar-refractivity contribution in [2.75, 3.05) is 25.2 Å². The zero-order valence-corrected chi connectivity index (χ0v) is 15.6. The van der Waals surface area contributed by atoms with Crippen LogP contribution < -0.4 is 9.64 Å². The van der Waals surface area contributed by atoms with Gasteiger partial charge in [-0.1, -0.05) is 6.92 Å². The highest BCUT2D eigenvalue weighted by Crippen LogP contribution is 2.35. The Morgan fingerprint density at radius 3 is 2.74 bits per heavy atom. The molecule has 0 saturated heterocycles. The lowest BCUT2D eigenvalue weighted by molar-refractivity contribution is 0.0519. The Kier molecular flexibility index (Phi) is 5.58. The van der Waals surface area contributed by atoms with E-state index in [2.05, 4.69) is 4.98 Å². The van der Waals surface area contributed by atoms with Crippen molar-refractivity contribution in [1.29, 1.82) is 0 Å². The Morgan fingerprint density at radius 2 is 2.07 bits per heavy atom. The number of carbonyl (C=O) groups is 1. The molecule has 1 aliphatic heterocycles. The normalized spacial score (nSPS) is 16.0. The molecular weight excluding hydrogens is 354 g/mol. The fourth-order valence-electron chi connectivity index (χ4n) is 3.39. The molecule has 0 spiro atoms. The van der Waals surface area contributed by atoms with Crippen molar-refractivity contribution in [3.8, 4) is 5.75 Å². The van der Waals surface area contributed by atoms with Crippen LogP contribution in [0.25, 0.3) is 0 Å². The minimum absolute atomic E-state index is 0.125. The van der Waals surface area contributed by atoms with Crippen LogP contribution in [0.2, 0.25) is 0 Å². The number of benzene rings is 1. The number of fused-ring (bicyclic) bond motifs is 1. The summed E-state index contributed by atoms with van der Waals surface area (Å²) in [5.41, 5.74) is 2.83. The van der Waals surface area contributed by atoms with Gasteiger partial charge in [0.05, 0.1) is 13.7 Å². The summed E-state index contributed by atoms with van der Waals surface area (Å²) in [6.45, 7) is 5.19. The van der Waals surface area contributed by atoms with Crippen LogP contribution in [-0.2, 0) is 11.3 Å². The lowest BCUT2D eigenvalue weighted by Gasteiger charge is -2.36. The number of pyridine rings is 1. The smallest absolute Gasteiger partial charge is 0.356 e. The second-order valence-corrected chi connectivity index (χ2v) is 6.42. The van der Waals surface area contributed by atoms with Gasteiger partial charge in [-0.05, 0) is 30.5 Å². The summed E-state index contributed by atoms with van der Waals surface area (Å²) in [6, 6.07) is 4.46. The Labute approximate surface area is 156 Å². The number of aromatic nitrogens is 1. The lowest BCUT2D eigenvalue weighted by Crippen LogP contribution is -2.34. The van der Waals surface area contributed by atoms with Gasteiger partial charge in [-0.3, -0.25) is 0 Å². The van der Waals surface area contributed by atoms with E-state index in [4.69, 9.17) is 9.47 Å². The van der Waals surface area contributed by atoms with Gasteiger partial charge in [-0.25, -0.2) is 14.2 Å². The van der Waals surface area contributed by atoms with E-state index in [0.29, 0.717) is 25.4 Å². The molecule has 1 aromatic heterocycles. The topological polar surface area (TPSA) is 51.7 Å². The highest BCUT2D eigenvalue weighted by molar-refractivity contribution is 5.87. The third kappa shape index (κ3) is 3.72. The first kappa shape index (κ1) is 19.1. The van der Waals surface area contributed by atoms with Gasteiger partial charge in [-0.15, -0.1) is 0 Å². The van der Waals surface area contributed by atoms with Crippen molar-refractivity contribution in [1.82, 2.24) is 4.98 Å². The zero-order valence-electron chi connectivity index (χ0n) is 15.6. The zero-order chi connectivity index (χ0) is 19.6. The maximum absolute atomic E-state index is 13.9. The van der Waals surface area contributed by atoms with Gasteiger partial charge in [0.15, 0.2) is 11.6 Å². The predicted molar refractivity (Wildman–Crippen MR) is 97.2 cm³/mol. The SMILES string of the molecule is CCOC(=O)c1cc2c(cn1)CN(c1cc(F)c(F)c(OC)c1)CC2CC. The van der Waals surface area contributed by atoms with E-state index in [0.717, 1.165) is 17.5 Å². The van der Waals surface area contributed by atoms with Crippen LogP contribution in [0.1, 0.15) is 47.8 Å². The number of esters is 1. The number of rotatable bonds is 5. The monoisotopic (exact) mass is 376 g/mol. The molecule has 0 amide bonds. The third-order valence-electron chi connectivity index (χ3n) is 4.81. The van der Waals surface area contributed by atoms with E-state index >= 15 is 0 Å². The maximum Gasteiger partial charge on any atom is 0.356 e. The number of anilines is 1. The molecule has 27 heavy (non-hydrogen) atoms. The lowest BCUT2D eigenvalue weighted by atomic mass is 9.88. The van der Waals surface area contributed by atoms with E-state index in [1.807, 2.05) is 11.8 Å². The quantitative estimate of drug-likeness (QED) is 0.737. The van der Waals surface area contributed by atoms with Gasteiger partial charge < -0.3 is 14.4 Å². The average Bonchev–Trinajstić information content (AvgIpc) is 2.68. The summed E-state index contributed by atoms with van der Waals surface area (Å²) in [6.07, 6.45) is 2.49.